The van der Waals surface area contributed by atoms with Crippen LogP contribution < -0.4 is 0 Å². The standard InChI is InChI=1S/C13H24O4/c1-4-5-6-7-8-12-15-10(2)9-13(17-12)16-11(3)14/h10,12-13H,4-9H2,1-3H3/t10-,12-,13-/m1/s1. The second-order valence-corrected chi connectivity index (χ2v) is 4.64. The minimum atomic E-state index is -0.438. The van der Waals surface area contributed by atoms with E-state index in [1.165, 1.54) is 26.2 Å². The lowest BCUT2D eigenvalue weighted by Crippen LogP contribution is -2.39. The van der Waals surface area contributed by atoms with E-state index in [9.17, 15) is 4.79 Å². The molecule has 0 aromatic carbocycles. The molecule has 0 saturated carbocycles. The van der Waals surface area contributed by atoms with Crippen LogP contribution in [0.1, 0.15) is 59.3 Å². The first-order chi connectivity index (χ1) is 8.11. The number of hydrogen-bond acceptors (Lipinski definition) is 4. The number of carbonyl (C=O) groups is 1. The molecule has 1 aliphatic rings. The Morgan fingerprint density at radius 2 is 2.06 bits per heavy atom. The van der Waals surface area contributed by atoms with Crippen LogP contribution in [-0.4, -0.2) is 24.7 Å². The SMILES string of the molecule is CCCCCC[C@H]1O[C@@H](OC(C)=O)C[C@@H](C)O1. The fraction of sp³-hybridized carbons (Fsp3) is 0.923. The number of carbonyl (C=O) groups excluding carboxylic acids is 1. The number of esters is 1. The Hall–Kier alpha value is -0.610. The molecule has 1 rings (SSSR count). The molecule has 0 bridgehead atoms. The maximum atomic E-state index is 10.9. The molecule has 1 heterocycles. The van der Waals surface area contributed by atoms with Crippen molar-refractivity contribution in [3.63, 3.8) is 0 Å². The van der Waals surface area contributed by atoms with Crippen molar-refractivity contribution in [1.82, 2.24) is 0 Å². The Morgan fingerprint density at radius 1 is 1.29 bits per heavy atom. The third-order valence-corrected chi connectivity index (χ3v) is 2.80. The van der Waals surface area contributed by atoms with Crippen molar-refractivity contribution in [2.24, 2.45) is 0 Å². The Balaban J connectivity index is 2.26. The lowest BCUT2D eigenvalue weighted by atomic mass is 10.1. The molecular weight excluding hydrogens is 220 g/mol. The van der Waals surface area contributed by atoms with E-state index in [1.807, 2.05) is 6.92 Å². The zero-order valence-corrected chi connectivity index (χ0v) is 11.1. The molecule has 17 heavy (non-hydrogen) atoms. The Labute approximate surface area is 104 Å². The predicted molar refractivity (Wildman–Crippen MR) is 64.4 cm³/mol. The lowest BCUT2D eigenvalue weighted by Gasteiger charge is -2.33. The third-order valence-electron chi connectivity index (χ3n) is 2.80. The van der Waals surface area contributed by atoms with E-state index in [1.54, 1.807) is 0 Å². The fourth-order valence-electron chi connectivity index (χ4n) is 1.98. The molecule has 0 amide bonds. The van der Waals surface area contributed by atoms with Crippen LogP contribution in [0.15, 0.2) is 0 Å². The predicted octanol–water partition coefficient (Wildman–Crippen LogP) is 3.00. The molecule has 4 heteroatoms. The van der Waals surface area contributed by atoms with Crippen LogP contribution in [0.2, 0.25) is 0 Å². The van der Waals surface area contributed by atoms with Crippen LogP contribution in [-0.2, 0) is 19.0 Å². The van der Waals surface area contributed by atoms with Gasteiger partial charge in [0, 0.05) is 13.3 Å². The van der Waals surface area contributed by atoms with Crippen LogP contribution >= 0.6 is 0 Å². The van der Waals surface area contributed by atoms with Crippen molar-refractivity contribution in [1.29, 1.82) is 0 Å². The summed E-state index contributed by atoms with van der Waals surface area (Å²) in [4.78, 5) is 10.9. The first-order valence-electron chi connectivity index (χ1n) is 6.60. The van der Waals surface area contributed by atoms with E-state index in [0.717, 1.165) is 12.8 Å². The molecule has 0 unspecified atom stereocenters. The maximum Gasteiger partial charge on any atom is 0.304 e. The van der Waals surface area contributed by atoms with Crippen LogP contribution in [0.5, 0.6) is 0 Å². The molecule has 0 aliphatic carbocycles. The molecule has 0 spiro atoms. The fourth-order valence-corrected chi connectivity index (χ4v) is 1.98. The lowest BCUT2D eigenvalue weighted by molar-refractivity contribution is -0.296. The molecule has 0 aromatic heterocycles. The molecule has 1 saturated heterocycles. The van der Waals surface area contributed by atoms with E-state index in [0.29, 0.717) is 6.42 Å². The van der Waals surface area contributed by atoms with Crippen molar-refractivity contribution in [3.8, 4) is 0 Å². The molecule has 0 aromatic rings. The summed E-state index contributed by atoms with van der Waals surface area (Å²) in [6.45, 7) is 5.57. The van der Waals surface area contributed by atoms with E-state index in [4.69, 9.17) is 14.2 Å². The van der Waals surface area contributed by atoms with Crippen molar-refractivity contribution >= 4 is 5.97 Å². The average Bonchev–Trinajstić information content (AvgIpc) is 2.22. The van der Waals surface area contributed by atoms with Gasteiger partial charge < -0.3 is 14.2 Å². The summed E-state index contributed by atoms with van der Waals surface area (Å²) < 4.78 is 16.3. The van der Waals surface area contributed by atoms with E-state index in [2.05, 4.69) is 6.92 Å². The highest BCUT2D eigenvalue weighted by molar-refractivity contribution is 5.66. The smallest absolute Gasteiger partial charge is 0.304 e. The Bertz CT molecular complexity index is 229. The summed E-state index contributed by atoms with van der Waals surface area (Å²) in [5.41, 5.74) is 0. The van der Waals surface area contributed by atoms with Crippen LogP contribution in [0.25, 0.3) is 0 Å². The summed E-state index contributed by atoms with van der Waals surface area (Å²) in [6, 6.07) is 0. The van der Waals surface area contributed by atoms with Gasteiger partial charge in [-0.2, -0.15) is 0 Å². The Morgan fingerprint density at radius 3 is 2.71 bits per heavy atom. The number of hydrogen-bond donors (Lipinski definition) is 0. The van der Waals surface area contributed by atoms with Crippen LogP contribution in [0.4, 0.5) is 0 Å². The van der Waals surface area contributed by atoms with Crippen LogP contribution in [0, 0.1) is 0 Å². The average molecular weight is 244 g/mol. The van der Waals surface area contributed by atoms with Crippen molar-refractivity contribution in [2.75, 3.05) is 0 Å². The van der Waals surface area contributed by atoms with Gasteiger partial charge in [0.15, 0.2) is 6.29 Å². The van der Waals surface area contributed by atoms with Gasteiger partial charge in [0.1, 0.15) is 0 Å². The minimum absolute atomic E-state index is 0.0873. The molecular formula is C13H24O4. The van der Waals surface area contributed by atoms with Crippen molar-refractivity contribution in [3.05, 3.63) is 0 Å². The van der Waals surface area contributed by atoms with Crippen LogP contribution in [0.3, 0.4) is 0 Å². The van der Waals surface area contributed by atoms with Gasteiger partial charge in [0.2, 0.25) is 6.29 Å². The summed E-state index contributed by atoms with van der Waals surface area (Å²) in [5, 5.41) is 0. The minimum Gasteiger partial charge on any atom is -0.436 e. The van der Waals surface area contributed by atoms with Gasteiger partial charge in [-0.3, -0.25) is 4.79 Å². The summed E-state index contributed by atoms with van der Waals surface area (Å²) in [7, 11) is 0. The zero-order valence-electron chi connectivity index (χ0n) is 11.1. The number of rotatable bonds is 6. The molecule has 0 N–H and O–H groups in total. The van der Waals surface area contributed by atoms with Gasteiger partial charge >= 0.3 is 5.97 Å². The molecule has 3 atom stereocenters. The van der Waals surface area contributed by atoms with Crippen molar-refractivity contribution in [2.45, 2.75) is 78.0 Å². The summed E-state index contributed by atoms with van der Waals surface area (Å²) >= 11 is 0. The third kappa shape index (κ3) is 6.03. The largest absolute Gasteiger partial charge is 0.436 e. The number of unbranched alkanes of at least 4 members (excludes halogenated alkanes) is 3. The first-order valence-corrected chi connectivity index (χ1v) is 6.60. The van der Waals surface area contributed by atoms with Crippen molar-refractivity contribution < 1.29 is 19.0 Å². The maximum absolute atomic E-state index is 10.9. The Kier molecular flexibility index (Phi) is 6.52. The molecule has 100 valence electrons. The van der Waals surface area contributed by atoms with Gasteiger partial charge in [-0.05, 0) is 19.8 Å². The van der Waals surface area contributed by atoms with Gasteiger partial charge in [-0.25, -0.2) is 0 Å². The van der Waals surface area contributed by atoms with Gasteiger partial charge in [0.05, 0.1) is 6.10 Å². The summed E-state index contributed by atoms with van der Waals surface area (Å²) in [5.74, 6) is -0.297. The van der Waals surface area contributed by atoms with E-state index in [-0.39, 0.29) is 18.4 Å². The van der Waals surface area contributed by atoms with E-state index < -0.39 is 6.29 Å². The van der Waals surface area contributed by atoms with E-state index >= 15 is 0 Å². The topological polar surface area (TPSA) is 44.8 Å². The highest BCUT2D eigenvalue weighted by atomic mass is 16.8. The zero-order chi connectivity index (χ0) is 12.7. The monoisotopic (exact) mass is 244 g/mol. The molecule has 1 aliphatic heterocycles. The second-order valence-electron chi connectivity index (χ2n) is 4.64. The molecule has 1 fully saturated rings. The molecule has 4 nitrogen and oxygen atoms in total. The normalized spacial score (nSPS) is 29.0. The highest BCUT2D eigenvalue weighted by Crippen LogP contribution is 2.22. The highest BCUT2D eigenvalue weighted by Gasteiger charge is 2.29. The number of ether oxygens (including phenoxy) is 3. The first kappa shape index (κ1) is 14.5. The quantitative estimate of drug-likeness (QED) is 0.532. The second kappa shape index (κ2) is 7.67. The van der Waals surface area contributed by atoms with Gasteiger partial charge in [0.25, 0.3) is 0 Å². The van der Waals surface area contributed by atoms with Gasteiger partial charge in [-0.15, -0.1) is 0 Å². The summed E-state index contributed by atoms with van der Waals surface area (Å²) in [6.07, 6.45) is 5.68. The molecule has 0 radical (unpaired) electrons. The van der Waals surface area contributed by atoms with Gasteiger partial charge in [-0.1, -0.05) is 26.2 Å².